The second-order valence-electron chi connectivity index (χ2n) is 9.32. The van der Waals surface area contributed by atoms with Gasteiger partial charge in [-0.15, -0.1) is 0 Å². The van der Waals surface area contributed by atoms with Crippen molar-refractivity contribution in [3.63, 3.8) is 0 Å². The number of nitrogens with zero attached hydrogens (tertiary/aromatic N) is 1. The van der Waals surface area contributed by atoms with Crippen LogP contribution in [-0.4, -0.2) is 34.9 Å². The highest BCUT2D eigenvalue weighted by Gasteiger charge is 2.30. The quantitative estimate of drug-likeness (QED) is 0.591. The van der Waals surface area contributed by atoms with Crippen LogP contribution in [0.1, 0.15) is 65.0 Å². The van der Waals surface area contributed by atoms with E-state index in [1.165, 1.54) is 22.6 Å². The topological polar surface area (TPSA) is 58.6 Å². The Labute approximate surface area is 191 Å². The average Bonchev–Trinajstić information content (AvgIpc) is 2.72. The lowest BCUT2D eigenvalue weighted by molar-refractivity contribution is -0.143. The number of carbonyl (C=O) groups excluding carboxylic acids is 2. The van der Waals surface area contributed by atoms with Gasteiger partial charge in [-0.2, -0.15) is 0 Å². The van der Waals surface area contributed by atoms with Gasteiger partial charge in [-0.1, -0.05) is 45.0 Å². The molecule has 0 bridgehead atoms. The molecule has 0 aliphatic heterocycles. The molecule has 1 atom stereocenters. The van der Waals surface area contributed by atoms with E-state index < -0.39 is 11.6 Å². The molecule has 1 N–H and O–H groups in total. The molecule has 0 fully saturated rings. The largest absolute Gasteiger partial charge is 0.484 e. The summed E-state index contributed by atoms with van der Waals surface area (Å²) in [7, 11) is 0. The predicted molar refractivity (Wildman–Crippen MR) is 125 cm³/mol. The molecule has 0 radical (unpaired) electrons. The van der Waals surface area contributed by atoms with E-state index in [4.69, 9.17) is 4.74 Å². The molecule has 0 saturated carbocycles. The molecule has 2 amide bonds. The Balaban J connectivity index is 2.20. The van der Waals surface area contributed by atoms with E-state index in [1.807, 2.05) is 52.0 Å². The lowest BCUT2D eigenvalue weighted by atomic mass is 10.0. The van der Waals surface area contributed by atoms with Crippen LogP contribution < -0.4 is 10.1 Å². The third kappa shape index (κ3) is 7.66. The number of ether oxygens (including phenoxy) is 1. The van der Waals surface area contributed by atoms with Crippen LogP contribution in [0.5, 0.6) is 5.75 Å². The van der Waals surface area contributed by atoms with E-state index in [-0.39, 0.29) is 30.8 Å². The van der Waals surface area contributed by atoms with Gasteiger partial charge in [0.15, 0.2) is 6.61 Å². The minimum atomic E-state index is -0.668. The summed E-state index contributed by atoms with van der Waals surface area (Å²) >= 11 is 0. The zero-order chi connectivity index (χ0) is 23.9. The van der Waals surface area contributed by atoms with Gasteiger partial charge in [-0.25, -0.2) is 4.39 Å². The number of carbonyl (C=O) groups is 2. The van der Waals surface area contributed by atoms with Crippen LogP contribution in [0, 0.1) is 5.82 Å². The van der Waals surface area contributed by atoms with Crippen molar-refractivity contribution in [3.05, 3.63) is 65.5 Å². The zero-order valence-corrected chi connectivity index (χ0v) is 19.9. The molecule has 0 heterocycles. The van der Waals surface area contributed by atoms with Crippen molar-refractivity contribution in [1.82, 2.24) is 10.2 Å². The average molecular weight is 443 g/mol. The van der Waals surface area contributed by atoms with Crippen molar-refractivity contribution in [3.8, 4) is 5.75 Å². The molecule has 0 spiro atoms. The van der Waals surface area contributed by atoms with E-state index in [0.29, 0.717) is 18.1 Å². The number of hydrogen-bond acceptors (Lipinski definition) is 3. The van der Waals surface area contributed by atoms with E-state index in [9.17, 15) is 14.0 Å². The zero-order valence-electron chi connectivity index (χ0n) is 19.9. The first-order valence-electron chi connectivity index (χ1n) is 11.1. The number of nitrogens with one attached hydrogen (secondary N) is 1. The molecule has 32 heavy (non-hydrogen) atoms. The van der Waals surface area contributed by atoms with Crippen LogP contribution in [0.2, 0.25) is 0 Å². The molecule has 0 saturated heterocycles. The molecular formula is C26H35FN2O3. The van der Waals surface area contributed by atoms with Gasteiger partial charge in [0.2, 0.25) is 5.91 Å². The maximum absolute atomic E-state index is 13.3. The normalized spacial score (nSPS) is 12.4. The van der Waals surface area contributed by atoms with Crippen LogP contribution in [0.3, 0.4) is 0 Å². The van der Waals surface area contributed by atoms with Crippen molar-refractivity contribution in [1.29, 1.82) is 0 Å². The summed E-state index contributed by atoms with van der Waals surface area (Å²) < 4.78 is 19.1. The van der Waals surface area contributed by atoms with Crippen LogP contribution in [-0.2, 0) is 16.1 Å². The Hall–Kier alpha value is -2.89. The molecule has 5 nitrogen and oxygen atoms in total. The smallest absolute Gasteiger partial charge is 0.261 e. The minimum Gasteiger partial charge on any atom is -0.484 e. The van der Waals surface area contributed by atoms with Gasteiger partial charge in [0.25, 0.3) is 5.91 Å². The summed E-state index contributed by atoms with van der Waals surface area (Å²) in [5.74, 6) is 0.118. The van der Waals surface area contributed by atoms with Gasteiger partial charge >= 0.3 is 0 Å². The molecule has 2 rings (SSSR count). The Morgan fingerprint density at radius 2 is 1.62 bits per heavy atom. The second kappa shape index (κ2) is 11.1. The Morgan fingerprint density at radius 3 is 2.12 bits per heavy atom. The molecule has 0 aliphatic rings. The second-order valence-corrected chi connectivity index (χ2v) is 9.32. The van der Waals surface area contributed by atoms with Crippen LogP contribution in [0.25, 0.3) is 0 Å². The lowest BCUT2D eigenvalue weighted by Gasteiger charge is -2.33. The molecule has 6 heteroatoms. The van der Waals surface area contributed by atoms with Gasteiger partial charge in [-0.05, 0) is 68.5 Å². The highest BCUT2D eigenvalue weighted by atomic mass is 19.1. The third-order valence-electron chi connectivity index (χ3n) is 5.06. The first-order valence-corrected chi connectivity index (χ1v) is 11.1. The van der Waals surface area contributed by atoms with Gasteiger partial charge in [0.1, 0.15) is 17.6 Å². The third-order valence-corrected chi connectivity index (χ3v) is 5.06. The lowest BCUT2D eigenvalue weighted by Crippen LogP contribution is -2.54. The molecular weight excluding hydrogens is 407 g/mol. The maximum Gasteiger partial charge on any atom is 0.261 e. The summed E-state index contributed by atoms with van der Waals surface area (Å²) in [5.41, 5.74) is 1.50. The summed E-state index contributed by atoms with van der Waals surface area (Å²) in [6.45, 7) is 11.8. The maximum atomic E-state index is 13.3. The fourth-order valence-corrected chi connectivity index (χ4v) is 3.34. The number of benzene rings is 2. The van der Waals surface area contributed by atoms with Gasteiger partial charge in [0.05, 0.1) is 0 Å². The summed E-state index contributed by atoms with van der Waals surface area (Å²) in [6.07, 6.45) is 0.442. The number of rotatable bonds is 9. The molecule has 0 unspecified atom stereocenters. The molecule has 174 valence electrons. The Morgan fingerprint density at radius 1 is 1.03 bits per heavy atom. The van der Waals surface area contributed by atoms with E-state index >= 15 is 0 Å². The highest BCUT2D eigenvalue weighted by molar-refractivity contribution is 5.88. The molecule has 2 aromatic rings. The number of hydrogen-bond donors (Lipinski definition) is 1. The first kappa shape index (κ1) is 25.4. The molecule has 2 aromatic carbocycles. The van der Waals surface area contributed by atoms with Crippen molar-refractivity contribution < 1.29 is 18.7 Å². The highest BCUT2D eigenvalue weighted by Crippen LogP contribution is 2.19. The van der Waals surface area contributed by atoms with Crippen molar-refractivity contribution in [2.75, 3.05) is 6.61 Å². The Bertz CT molecular complexity index is 887. The number of halogens is 1. The van der Waals surface area contributed by atoms with Gasteiger partial charge in [-0.3, -0.25) is 9.59 Å². The van der Waals surface area contributed by atoms with E-state index in [2.05, 4.69) is 19.2 Å². The van der Waals surface area contributed by atoms with Crippen LogP contribution in [0.4, 0.5) is 4.39 Å². The summed E-state index contributed by atoms with van der Waals surface area (Å²) in [5, 5.41) is 2.96. The van der Waals surface area contributed by atoms with E-state index in [1.54, 1.807) is 12.1 Å². The fourth-order valence-electron chi connectivity index (χ4n) is 3.34. The van der Waals surface area contributed by atoms with Crippen LogP contribution in [0.15, 0.2) is 48.5 Å². The van der Waals surface area contributed by atoms with Gasteiger partial charge < -0.3 is 15.0 Å². The molecule has 0 aliphatic carbocycles. The first-order chi connectivity index (χ1) is 15.0. The predicted octanol–water partition coefficient (Wildman–Crippen LogP) is 5.05. The summed E-state index contributed by atoms with van der Waals surface area (Å²) in [4.78, 5) is 27.6. The van der Waals surface area contributed by atoms with Crippen molar-refractivity contribution >= 4 is 11.8 Å². The van der Waals surface area contributed by atoms with Crippen LogP contribution >= 0.6 is 0 Å². The fraction of sp³-hybridized carbons (Fsp3) is 0.462. The molecule has 0 aromatic heterocycles. The van der Waals surface area contributed by atoms with Crippen molar-refractivity contribution in [2.24, 2.45) is 0 Å². The standard InChI is InChI=1S/C26H35FN2O3/c1-7-23(25(31)28-26(4,5)6)29(16-19-8-12-21(27)13-9-19)24(30)17-32-22-14-10-20(11-15-22)18(2)3/h8-15,18,23H,7,16-17H2,1-6H3,(H,28,31)/t23-/m0/s1. The SMILES string of the molecule is CC[C@@H](C(=O)NC(C)(C)C)N(Cc1ccc(F)cc1)C(=O)COc1ccc(C(C)C)cc1. The number of amides is 2. The van der Waals surface area contributed by atoms with E-state index in [0.717, 1.165) is 5.56 Å². The monoisotopic (exact) mass is 442 g/mol. The summed E-state index contributed by atoms with van der Waals surface area (Å²) in [6, 6.07) is 12.9. The Kier molecular flexibility index (Phi) is 8.81. The minimum absolute atomic E-state index is 0.185. The van der Waals surface area contributed by atoms with Crippen molar-refractivity contribution in [2.45, 2.75) is 72.0 Å². The van der Waals surface area contributed by atoms with Gasteiger partial charge in [0, 0.05) is 12.1 Å².